The first kappa shape index (κ1) is 7.43. The molecule has 5 heteroatoms. The highest BCUT2D eigenvalue weighted by atomic mass is 32.1. The third-order valence-electron chi connectivity index (χ3n) is 1.04. The SMILES string of the molecule is NCCCNc1cnns1. The Labute approximate surface area is 63.6 Å². The molecule has 3 N–H and O–H groups in total. The predicted molar refractivity (Wildman–Crippen MR) is 42.1 cm³/mol. The summed E-state index contributed by atoms with van der Waals surface area (Å²) in [6, 6.07) is 0. The number of hydrogen-bond donors (Lipinski definition) is 2. The molecule has 0 radical (unpaired) electrons. The van der Waals surface area contributed by atoms with Crippen molar-refractivity contribution in [2.24, 2.45) is 5.73 Å². The van der Waals surface area contributed by atoms with E-state index in [1.54, 1.807) is 6.20 Å². The summed E-state index contributed by atoms with van der Waals surface area (Å²) in [5, 5.41) is 7.82. The monoisotopic (exact) mass is 158 g/mol. The van der Waals surface area contributed by atoms with Crippen LogP contribution in [-0.4, -0.2) is 22.7 Å². The molecule has 4 nitrogen and oxygen atoms in total. The van der Waals surface area contributed by atoms with E-state index in [-0.39, 0.29) is 0 Å². The molecule has 56 valence electrons. The van der Waals surface area contributed by atoms with Gasteiger partial charge in [0.1, 0.15) is 5.00 Å². The van der Waals surface area contributed by atoms with Gasteiger partial charge in [0, 0.05) is 18.1 Å². The third kappa shape index (κ3) is 2.28. The van der Waals surface area contributed by atoms with Crippen LogP contribution in [0.2, 0.25) is 0 Å². The lowest BCUT2D eigenvalue weighted by Gasteiger charge is -1.97. The van der Waals surface area contributed by atoms with Crippen LogP contribution in [0.5, 0.6) is 0 Å². The lowest BCUT2D eigenvalue weighted by Crippen LogP contribution is -2.07. The Morgan fingerprint density at radius 1 is 1.70 bits per heavy atom. The summed E-state index contributed by atoms with van der Waals surface area (Å²) in [6.45, 7) is 1.62. The Morgan fingerprint density at radius 3 is 3.20 bits per heavy atom. The van der Waals surface area contributed by atoms with Crippen molar-refractivity contribution in [1.29, 1.82) is 0 Å². The Morgan fingerprint density at radius 2 is 2.60 bits per heavy atom. The molecule has 1 aromatic rings. The predicted octanol–water partition coefficient (Wildman–Crippen LogP) is 0.299. The van der Waals surface area contributed by atoms with Crippen LogP contribution in [0, 0.1) is 0 Å². The third-order valence-corrected chi connectivity index (χ3v) is 1.66. The zero-order chi connectivity index (χ0) is 7.23. The number of nitrogens with two attached hydrogens (primary N) is 1. The van der Waals surface area contributed by atoms with Gasteiger partial charge >= 0.3 is 0 Å². The van der Waals surface area contributed by atoms with Gasteiger partial charge in [0.05, 0.1) is 6.20 Å². The van der Waals surface area contributed by atoms with Crippen molar-refractivity contribution in [3.05, 3.63) is 6.20 Å². The summed E-state index contributed by atoms with van der Waals surface area (Å²) >= 11 is 1.36. The van der Waals surface area contributed by atoms with Crippen molar-refractivity contribution in [2.45, 2.75) is 6.42 Å². The molecule has 1 heterocycles. The van der Waals surface area contributed by atoms with E-state index in [2.05, 4.69) is 14.9 Å². The molecule has 0 bridgehead atoms. The summed E-state index contributed by atoms with van der Waals surface area (Å²) in [6.07, 6.45) is 2.69. The van der Waals surface area contributed by atoms with Gasteiger partial charge in [0.2, 0.25) is 0 Å². The summed E-state index contributed by atoms with van der Waals surface area (Å²) in [5.74, 6) is 0. The Hall–Kier alpha value is -0.680. The van der Waals surface area contributed by atoms with Crippen LogP contribution in [-0.2, 0) is 0 Å². The van der Waals surface area contributed by atoms with Crippen LogP contribution < -0.4 is 11.1 Å². The standard InChI is InChI=1S/C5H10N4S/c6-2-1-3-7-5-4-8-9-10-5/h4,7H,1-3,6H2. The molecule has 0 spiro atoms. The fraction of sp³-hybridized carbons (Fsp3) is 0.600. The summed E-state index contributed by atoms with van der Waals surface area (Å²) in [4.78, 5) is 0. The van der Waals surface area contributed by atoms with E-state index in [9.17, 15) is 0 Å². The Balaban J connectivity index is 2.15. The molecule has 0 fully saturated rings. The van der Waals surface area contributed by atoms with Crippen LogP contribution in [0.4, 0.5) is 5.00 Å². The summed E-state index contributed by atoms with van der Waals surface area (Å²) in [5.41, 5.74) is 5.30. The van der Waals surface area contributed by atoms with Crippen molar-refractivity contribution in [1.82, 2.24) is 9.59 Å². The number of aromatic nitrogens is 2. The van der Waals surface area contributed by atoms with Gasteiger partial charge in [-0.1, -0.05) is 4.49 Å². The largest absolute Gasteiger partial charge is 0.374 e. The van der Waals surface area contributed by atoms with Gasteiger partial charge in [-0.25, -0.2) is 0 Å². The van der Waals surface area contributed by atoms with Gasteiger partial charge in [-0.05, 0) is 13.0 Å². The number of rotatable bonds is 4. The van der Waals surface area contributed by atoms with Crippen molar-refractivity contribution < 1.29 is 0 Å². The lowest BCUT2D eigenvalue weighted by atomic mass is 10.4. The fourth-order valence-electron chi connectivity index (χ4n) is 0.559. The molecule has 0 atom stereocenters. The number of hydrogen-bond acceptors (Lipinski definition) is 5. The molecule has 0 saturated heterocycles. The molecule has 0 aliphatic heterocycles. The second kappa shape index (κ2) is 4.19. The first-order chi connectivity index (χ1) is 4.93. The fourth-order valence-corrected chi connectivity index (χ4v) is 1.00. The van der Waals surface area contributed by atoms with E-state index in [0.717, 1.165) is 24.5 Å². The molecule has 10 heavy (non-hydrogen) atoms. The van der Waals surface area contributed by atoms with E-state index < -0.39 is 0 Å². The topological polar surface area (TPSA) is 63.8 Å². The maximum absolute atomic E-state index is 5.30. The molecule has 0 saturated carbocycles. The molecule has 0 amide bonds. The van der Waals surface area contributed by atoms with Gasteiger partial charge in [0.25, 0.3) is 0 Å². The molecule has 1 rings (SSSR count). The molecule has 0 aliphatic carbocycles. The maximum atomic E-state index is 5.30. The van der Waals surface area contributed by atoms with Gasteiger partial charge < -0.3 is 11.1 Å². The lowest BCUT2D eigenvalue weighted by molar-refractivity contribution is 0.876. The van der Waals surface area contributed by atoms with E-state index in [4.69, 9.17) is 5.73 Å². The molecule has 0 aromatic carbocycles. The van der Waals surface area contributed by atoms with E-state index in [1.807, 2.05) is 0 Å². The van der Waals surface area contributed by atoms with Gasteiger partial charge in [-0.15, -0.1) is 5.10 Å². The van der Waals surface area contributed by atoms with Crippen LogP contribution in [0.3, 0.4) is 0 Å². The first-order valence-corrected chi connectivity index (χ1v) is 3.92. The van der Waals surface area contributed by atoms with Crippen LogP contribution in [0.1, 0.15) is 6.42 Å². The quantitative estimate of drug-likeness (QED) is 0.618. The maximum Gasteiger partial charge on any atom is 0.130 e. The molecular weight excluding hydrogens is 148 g/mol. The highest BCUT2D eigenvalue weighted by Gasteiger charge is 1.91. The molecule has 0 aliphatic rings. The van der Waals surface area contributed by atoms with Crippen molar-refractivity contribution in [2.75, 3.05) is 18.4 Å². The zero-order valence-corrected chi connectivity index (χ0v) is 6.40. The Bertz CT molecular complexity index is 162. The van der Waals surface area contributed by atoms with Gasteiger partial charge in [-0.2, -0.15) is 0 Å². The minimum atomic E-state index is 0.721. The van der Waals surface area contributed by atoms with Crippen molar-refractivity contribution >= 4 is 16.5 Å². The summed E-state index contributed by atoms with van der Waals surface area (Å²) in [7, 11) is 0. The summed E-state index contributed by atoms with van der Waals surface area (Å²) < 4.78 is 3.70. The molecule has 0 unspecified atom stereocenters. The second-order valence-corrected chi connectivity index (χ2v) is 2.64. The number of nitrogens with one attached hydrogen (secondary N) is 1. The van der Waals surface area contributed by atoms with E-state index >= 15 is 0 Å². The van der Waals surface area contributed by atoms with E-state index in [0.29, 0.717) is 0 Å². The normalized spacial score (nSPS) is 9.70. The smallest absolute Gasteiger partial charge is 0.130 e. The highest BCUT2D eigenvalue weighted by molar-refractivity contribution is 7.09. The molecule has 1 aromatic heterocycles. The average Bonchev–Trinajstić information content (AvgIpc) is 2.41. The first-order valence-electron chi connectivity index (χ1n) is 3.15. The van der Waals surface area contributed by atoms with E-state index in [1.165, 1.54) is 11.5 Å². The Kier molecular flexibility index (Phi) is 3.11. The molecular formula is C5H10N4S. The average molecular weight is 158 g/mol. The van der Waals surface area contributed by atoms with Crippen LogP contribution in [0.15, 0.2) is 6.20 Å². The van der Waals surface area contributed by atoms with Crippen molar-refractivity contribution in [3.8, 4) is 0 Å². The highest BCUT2D eigenvalue weighted by Crippen LogP contribution is 2.07. The van der Waals surface area contributed by atoms with Gasteiger partial charge in [0.15, 0.2) is 0 Å². The van der Waals surface area contributed by atoms with Crippen molar-refractivity contribution in [3.63, 3.8) is 0 Å². The zero-order valence-electron chi connectivity index (χ0n) is 5.58. The number of nitrogens with zero attached hydrogens (tertiary/aromatic N) is 2. The van der Waals surface area contributed by atoms with Gasteiger partial charge in [-0.3, -0.25) is 0 Å². The minimum Gasteiger partial charge on any atom is -0.374 e. The second-order valence-electron chi connectivity index (χ2n) is 1.85. The van der Waals surface area contributed by atoms with Crippen LogP contribution in [0.25, 0.3) is 0 Å². The number of anilines is 1. The van der Waals surface area contributed by atoms with Crippen LogP contribution >= 0.6 is 11.5 Å². The minimum absolute atomic E-state index is 0.721.